The molecule has 204 valence electrons. The fourth-order valence-electron chi connectivity index (χ4n) is 5.12. The van der Waals surface area contributed by atoms with Crippen molar-refractivity contribution >= 4 is 33.0 Å². The van der Waals surface area contributed by atoms with Crippen molar-refractivity contribution in [3.8, 4) is 16.9 Å². The van der Waals surface area contributed by atoms with Gasteiger partial charge in [0.05, 0.1) is 11.3 Å². The summed E-state index contributed by atoms with van der Waals surface area (Å²) in [5.41, 5.74) is -1.33. The number of benzene rings is 1. The molecule has 4 aromatic rings. The summed E-state index contributed by atoms with van der Waals surface area (Å²) in [5.74, 6) is -3.39. The molecule has 8 nitrogen and oxygen atoms in total. The van der Waals surface area contributed by atoms with Crippen LogP contribution in [0.4, 0.5) is 19.0 Å². The first-order valence-electron chi connectivity index (χ1n) is 12.5. The summed E-state index contributed by atoms with van der Waals surface area (Å²) < 4.78 is 48.5. The molecule has 1 aromatic carbocycles. The van der Waals surface area contributed by atoms with Crippen LogP contribution in [-0.2, 0) is 0 Å². The molecule has 0 aliphatic carbocycles. The zero-order chi connectivity index (χ0) is 28.2. The third-order valence-corrected chi connectivity index (χ3v) is 7.60. The Morgan fingerprint density at radius 1 is 1.13 bits per heavy atom. The van der Waals surface area contributed by atoms with Gasteiger partial charge in [0.25, 0.3) is 0 Å². The lowest BCUT2D eigenvalue weighted by atomic mass is 10.0. The molecular formula is C27H26BrF3N6O2. The molecule has 4 heterocycles. The largest absolute Gasteiger partial charge is 0.710 e. The summed E-state index contributed by atoms with van der Waals surface area (Å²) in [6, 6.07) is 5.56. The second-order valence-electron chi connectivity index (χ2n) is 9.95. The van der Waals surface area contributed by atoms with Crippen molar-refractivity contribution in [2.24, 2.45) is 0 Å². The van der Waals surface area contributed by atoms with Crippen LogP contribution >= 0.6 is 16.1 Å². The van der Waals surface area contributed by atoms with Crippen molar-refractivity contribution in [1.29, 1.82) is 0 Å². The van der Waals surface area contributed by atoms with Gasteiger partial charge >= 0.3 is 11.3 Å². The van der Waals surface area contributed by atoms with E-state index in [1.807, 2.05) is 29.6 Å². The van der Waals surface area contributed by atoms with Crippen molar-refractivity contribution in [2.75, 3.05) is 24.5 Å². The normalized spacial score (nSPS) is 16.4. The highest BCUT2D eigenvalue weighted by atomic mass is 79.9. The van der Waals surface area contributed by atoms with Crippen LogP contribution in [0, 0.1) is 29.6 Å². The highest BCUT2D eigenvalue weighted by Crippen LogP contribution is 2.33. The van der Waals surface area contributed by atoms with Crippen molar-refractivity contribution in [2.45, 2.75) is 39.7 Å². The van der Waals surface area contributed by atoms with Crippen molar-refractivity contribution < 1.29 is 17.9 Å². The monoisotopic (exact) mass is 602 g/mol. The number of rotatable bonds is 4. The van der Waals surface area contributed by atoms with Gasteiger partial charge in [-0.1, -0.05) is 19.9 Å². The summed E-state index contributed by atoms with van der Waals surface area (Å²) >= 11 is 3.47. The number of hydrogen-bond acceptors (Lipinski definition) is 6. The maximum atomic E-state index is 15.7. The smallest absolute Gasteiger partial charge is 0.442 e. The van der Waals surface area contributed by atoms with Crippen molar-refractivity contribution in [3.05, 3.63) is 80.9 Å². The van der Waals surface area contributed by atoms with E-state index >= 15 is 4.39 Å². The van der Waals surface area contributed by atoms with Crippen LogP contribution in [0.3, 0.4) is 0 Å². The van der Waals surface area contributed by atoms with E-state index in [9.17, 15) is 18.8 Å². The van der Waals surface area contributed by atoms with Crippen LogP contribution < -0.4 is 15.3 Å². The standard InChI is InChI=1S/C27H26BrF3N6O2/c1-14(2)22-23(15(3)8-9-32-22)36-26-17(25(33-27(36)38)35-11-10-34(28)13-16(35)4)12-20(31)24(37(26)39)21-18(29)6-5-7-19(21)30/h5-9,12,14,16H,10-11,13H2,1-4H3/t16-/m0/s1. The molecule has 1 fully saturated rings. The third-order valence-electron chi connectivity index (χ3n) is 6.95. The number of fused-ring (bicyclic) bond motifs is 1. The van der Waals surface area contributed by atoms with E-state index in [4.69, 9.17) is 0 Å². The van der Waals surface area contributed by atoms with E-state index in [2.05, 4.69) is 26.1 Å². The molecular weight excluding hydrogens is 577 g/mol. The molecule has 1 atom stereocenters. The second kappa shape index (κ2) is 10.2. The molecule has 39 heavy (non-hydrogen) atoms. The van der Waals surface area contributed by atoms with E-state index in [1.54, 1.807) is 19.2 Å². The Hall–Kier alpha value is -3.51. The van der Waals surface area contributed by atoms with Crippen LogP contribution in [0.15, 0.2) is 41.3 Å². The molecule has 0 spiro atoms. The Morgan fingerprint density at radius 2 is 1.82 bits per heavy atom. The Labute approximate surface area is 231 Å². The molecule has 0 N–H and O–H groups in total. The average molecular weight is 603 g/mol. The van der Waals surface area contributed by atoms with Gasteiger partial charge in [-0.15, -0.1) is 4.57 Å². The first kappa shape index (κ1) is 27.1. The van der Waals surface area contributed by atoms with Crippen LogP contribution in [0.1, 0.15) is 37.9 Å². The summed E-state index contributed by atoms with van der Waals surface area (Å²) in [7, 11) is 0. The van der Waals surface area contributed by atoms with Gasteiger partial charge in [0.15, 0.2) is 23.0 Å². The molecule has 1 aliphatic rings. The van der Waals surface area contributed by atoms with E-state index < -0.39 is 34.4 Å². The number of anilines is 1. The van der Waals surface area contributed by atoms with Gasteiger partial charge in [-0.25, -0.2) is 26.6 Å². The van der Waals surface area contributed by atoms with Gasteiger partial charge in [-0.2, -0.15) is 4.98 Å². The average Bonchev–Trinajstić information content (AvgIpc) is 2.86. The highest BCUT2D eigenvalue weighted by molar-refractivity contribution is 9.07. The number of nitrogens with zero attached hydrogens (tertiary/aromatic N) is 6. The van der Waals surface area contributed by atoms with Gasteiger partial charge in [-0.3, -0.25) is 4.98 Å². The zero-order valence-electron chi connectivity index (χ0n) is 21.8. The summed E-state index contributed by atoms with van der Waals surface area (Å²) in [6.07, 6.45) is 1.59. The number of aromatic nitrogens is 4. The van der Waals surface area contributed by atoms with Gasteiger partial charge in [0.1, 0.15) is 17.0 Å². The van der Waals surface area contributed by atoms with Crippen molar-refractivity contribution in [1.82, 2.24) is 18.5 Å². The topological polar surface area (TPSA) is 81.2 Å². The molecule has 0 amide bonds. The molecule has 0 saturated carbocycles. The number of pyridine rings is 2. The maximum Gasteiger partial charge on any atom is 0.442 e. The van der Waals surface area contributed by atoms with Gasteiger partial charge in [-0.05, 0) is 49.6 Å². The van der Waals surface area contributed by atoms with Crippen LogP contribution in [-0.4, -0.2) is 44.1 Å². The molecule has 0 bridgehead atoms. The van der Waals surface area contributed by atoms with Crippen LogP contribution in [0.5, 0.6) is 0 Å². The number of piperazine rings is 1. The number of hydrogen-bond donors (Lipinski definition) is 0. The third kappa shape index (κ3) is 4.55. The number of aryl methyl sites for hydroxylation is 1. The lowest BCUT2D eigenvalue weighted by Crippen LogP contribution is -2.50. The highest BCUT2D eigenvalue weighted by Gasteiger charge is 2.34. The Morgan fingerprint density at radius 3 is 2.46 bits per heavy atom. The minimum atomic E-state index is -1.14. The van der Waals surface area contributed by atoms with Gasteiger partial charge in [0.2, 0.25) is 0 Å². The fraction of sp³-hybridized carbons (Fsp3) is 0.333. The Balaban J connectivity index is 1.96. The molecule has 12 heteroatoms. The molecule has 1 aliphatic heterocycles. The first-order chi connectivity index (χ1) is 18.5. The zero-order valence-corrected chi connectivity index (χ0v) is 23.3. The molecule has 5 rings (SSSR count). The lowest BCUT2D eigenvalue weighted by Gasteiger charge is -2.38. The fourth-order valence-corrected chi connectivity index (χ4v) is 5.70. The molecule has 3 aromatic heterocycles. The van der Waals surface area contributed by atoms with Crippen LogP contribution in [0.2, 0.25) is 0 Å². The summed E-state index contributed by atoms with van der Waals surface area (Å²) in [5, 5.41) is 14.1. The predicted molar refractivity (Wildman–Crippen MR) is 146 cm³/mol. The van der Waals surface area contributed by atoms with Crippen LogP contribution in [0.25, 0.3) is 28.0 Å². The first-order valence-corrected chi connectivity index (χ1v) is 13.2. The van der Waals surface area contributed by atoms with Crippen molar-refractivity contribution in [3.63, 3.8) is 0 Å². The molecule has 0 radical (unpaired) electrons. The van der Waals surface area contributed by atoms with Gasteiger partial charge < -0.3 is 10.1 Å². The predicted octanol–water partition coefficient (Wildman–Crippen LogP) is 4.75. The van der Waals surface area contributed by atoms with Gasteiger partial charge in [0, 0.05) is 48.0 Å². The Bertz CT molecular complexity index is 1640. The summed E-state index contributed by atoms with van der Waals surface area (Å²) in [6.45, 7) is 9.02. The summed E-state index contributed by atoms with van der Waals surface area (Å²) in [4.78, 5) is 24.4. The Kier molecular flexibility index (Phi) is 7.10. The van der Waals surface area contributed by atoms with E-state index in [-0.39, 0.29) is 33.5 Å². The van der Waals surface area contributed by atoms with E-state index in [1.165, 1.54) is 0 Å². The lowest BCUT2D eigenvalue weighted by molar-refractivity contribution is -0.569. The second-order valence-corrected chi connectivity index (χ2v) is 11.0. The minimum Gasteiger partial charge on any atom is -0.710 e. The van der Waals surface area contributed by atoms with E-state index in [0.29, 0.717) is 36.6 Å². The SMILES string of the molecule is Cc1ccnc(C(C)C)c1-n1c(=O)nc(N2CCN(Br)C[C@@H]2C)c2cc(F)c(-c3c(F)cccc3F)[n+]([O-])c21. The minimum absolute atomic E-state index is 0.0374. The van der Waals surface area contributed by atoms with E-state index in [0.717, 1.165) is 28.8 Å². The maximum absolute atomic E-state index is 15.7. The number of halogens is 4. The quantitative estimate of drug-likeness (QED) is 0.190. The molecule has 1 saturated heterocycles. The molecule has 0 unspecified atom stereocenters.